The van der Waals surface area contributed by atoms with Crippen LogP contribution in [0.25, 0.3) is 0 Å². The molecule has 0 unspecified atom stereocenters. The van der Waals surface area contributed by atoms with Crippen LogP contribution in [-0.4, -0.2) is 14.4 Å². The molecule has 1 aromatic heterocycles. The second-order valence-electron chi connectivity index (χ2n) is 8.84. The lowest BCUT2D eigenvalue weighted by Gasteiger charge is -2.22. The number of sulfonamides is 1. The summed E-state index contributed by atoms with van der Waals surface area (Å²) < 4.78 is 37.9. The van der Waals surface area contributed by atoms with Crippen molar-refractivity contribution in [2.24, 2.45) is 0 Å². The molecule has 170 valence electrons. The highest BCUT2D eigenvalue weighted by molar-refractivity contribution is 7.89. The Kier molecular flexibility index (Phi) is 6.91. The summed E-state index contributed by atoms with van der Waals surface area (Å²) >= 11 is 0. The second kappa shape index (κ2) is 9.30. The zero-order valence-corrected chi connectivity index (χ0v) is 19.9. The molecule has 32 heavy (non-hydrogen) atoms. The zero-order valence-electron chi connectivity index (χ0n) is 19.1. The van der Waals surface area contributed by atoms with Gasteiger partial charge in [0, 0.05) is 0 Å². The van der Waals surface area contributed by atoms with Crippen molar-refractivity contribution < 1.29 is 22.4 Å². The first-order valence-corrected chi connectivity index (χ1v) is 11.9. The van der Waals surface area contributed by atoms with Gasteiger partial charge in [0.1, 0.15) is 12.4 Å². The van der Waals surface area contributed by atoms with Crippen molar-refractivity contribution in [3.63, 3.8) is 0 Å². The van der Waals surface area contributed by atoms with Crippen LogP contribution in [0.3, 0.4) is 0 Å². The maximum absolute atomic E-state index is 12.5. The lowest BCUT2D eigenvalue weighted by molar-refractivity contribution is 0.0471. The van der Waals surface area contributed by atoms with Crippen LogP contribution >= 0.6 is 0 Å². The Morgan fingerprint density at radius 1 is 1.03 bits per heavy atom. The number of rotatable bonds is 7. The minimum absolute atomic E-state index is 0.0413. The average Bonchev–Trinajstić information content (AvgIpc) is 3.24. The van der Waals surface area contributed by atoms with Gasteiger partial charge in [-0.3, -0.25) is 0 Å². The molecule has 0 amide bonds. The van der Waals surface area contributed by atoms with E-state index in [1.165, 1.54) is 36.1 Å². The van der Waals surface area contributed by atoms with E-state index in [0.29, 0.717) is 5.76 Å². The monoisotopic (exact) mass is 455 g/mol. The summed E-state index contributed by atoms with van der Waals surface area (Å²) in [5.74, 6) is 0.00563. The van der Waals surface area contributed by atoms with E-state index in [1.807, 2.05) is 13.8 Å². The van der Waals surface area contributed by atoms with Crippen molar-refractivity contribution in [1.29, 1.82) is 0 Å². The second-order valence-corrected chi connectivity index (χ2v) is 10.6. The molecule has 0 fully saturated rings. The number of ether oxygens (including phenoxy) is 1. The number of benzene rings is 2. The van der Waals surface area contributed by atoms with Crippen LogP contribution in [0.1, 0.15) is 59.1 Å². The van der Waals surface area contributed by atoms with Gasteiger partial charge in [-0.15, -0.1) is 0 Å². The molecule has 0 aliphatic carbocycles. The molecule has 6 nitrogen and oxygen atoms in total. The molecule has 0 aliphatic heterocycles. The Labute approximate surface area is 189 Å². The molecule has 1 N–H and O–H groups in total. The summed E-state index contributed by atoms with van der Waals surface area (Å²) in [6.45, 7) is 10.7. The number of furan rings is 1. The van der Waals surface area contributed by atoms with E-state index < -0.39 is 16.0 Å². The molecule has 0 saturated heterocycles. The van der Waals surface area contributed by atoms with Gasteiger partial charge in [0.25, 0.3) is 0 Å². The number of hydrogen-bond donors (Lipinski definition) is 1. The molecule has 0 atom stereocenters. The van der Waals surface area contributed by atoms with Crippen LogP contribution in [0.5, 0.6) is 0 Å². The van der Waals surface area contributed by atoms with Crippen LogP contribution < -0.4 is 4.72 Å². The highest BCUT2D eigenvalue weighted by Gasteiger charge is 2.18. The molecule has 2 aromatic carbocycles. The van der Waals surface area contributed by atoms with Crippen LogP contribution in [0.2, 0.25) is 0 Å². The average molecular weight is 456 g/mol. The molecule has 0 spiro atoms. The molecular formula is C25H29NO5S. The summed E-state index contributed by atoms with van der Waals surface area (Å²) in [6.07, 6.45) is 1.48. The first-order valence-electron chi connectivity index (χ1n) is 10.4. The fourth-order valence-electron chi connectivity index (χ4n) is 3.31. The van der Waals surface area contributed by atoms with Gasteiger partial charge in [-0.2, -0.15) is 0 Å². The first kappa shape index (κ1) is 23.8. The quantitative estimate of drug-likeness (QED) is 0.505. The summed E-state index contributed by atoms with van der Waals surface area (Å²) in [4.78, 5) is 12.6. The summed E-state index contributed by atoms with van der Waals surface area (Å²) in [5, 5.41) is 0. The summed E-state index contributed by atoms with van der Waals surface area (Å²) in [6, 6.07) is 13.3. The standard InChI is InChI=1S/C25H29NO5S/c1-17-13-20(25(3,4)5)14-18(2)23(17)16-31-24(27)19-8-10-22(11-9-19)32(28,29)26-15-21-7-6-12-30-21/h6-14,26H,15-16H2,1-5H3. The van der Waals surface area contributed by atoms with E-state index in [-0.39, 0.29) is 29.0 Å². The SMILES string of the molecule is Cc1cc(C(C)(C)C)cc(C)c1COC(=O)c1ccc(S(=O)(=O)NCc2ccco2)cc1. The lowest BCUT2D eigenvalue weighted by atomic mass is 9.84. The van der Waals surface area contributed by atoms with E-state index in [9.17, 15) is 13.2 Å². The van der Waals surface area contributed by atoms with Gasteiger partial charge in [0.05, 0.1) is 23.3 Å². The number of carbonyl (C=O) groups is 1. The third kappa shape index (κ3) is 5.66. The molecule has 3 aromatic rings. The Balaban J connectivity index is 1.65. The van der Waals surface area contributed by atoms with Crippen molar-refractivity contribution >= 4 is 16.0 Å². The molecule has 3 rings (SSSR count). The van der Waals surface area contributed by atoms with Crippen molar-refractivity contribution in [2.45, 2.75) is 58.1 Å². The Morgan fingerprint density at radius 2 is 1.66 bits per heavy atom. The van der Waals surface area contributed by atoms with Crippen molar-refractivity contribution in [3.8, 4) is 0 Å². The van der Waals surface area contributed by atoms with Gasteiger partial charge in [0.15, 0.2) is 0 Å². The smallest absolute Gasteiger partial charge is 0.338 e. The first-order chi connectivity index (χ1) is 15.0. The zero-order chi connectivity index (χ0) is 23.5. The minimum Gasteiger partial charge on any atom is -0.468 e. The Bertz CT molecular complexity index is 1170. The molecule has 0 radical (unpaired) electrons. The predicted molar refractivity (Wildman–Crippen MR) is 123 cm³/mol. The number of carbonyl (C=O) groups excluding carboxylic acids is 1. The van der Waals surface area contributed by atoms with Gasteiger partial charge in [0.2, 0.25) is 10.0 Å². The van der Waals surface area contributed by atoms with Crippen molar-refractivity contribution in [2.75, 3.05) is 0 Å². The predicted octanol–water partition coefficient (Wildman–Crippen LogP) is 5.03. The third-order valence-corrected chi connectivity index (χ3v) is 6.74. The van der Waals surface area contributed by atoms with Gasteiger partial charge in [-0.05, 0) is 77.9 Å². The fourth-order valence-corrected chi connectivity index (χ4v) is 4.30. The maximum Gasteiger partial charge on any atom is 0.338 e. The van der Waals surface area contributed by atoms with Gasteiger partial charge in [-0.1, -0.05) is 32.9 Å². The van der Waals surface area contributed by atoms with E-state index in [1.54, 1.807) is 12.1 Å². The van der Waals surface area contributed by atoms with Gasteiger partial charge < -0.3 is 9.15 Å². The van der Waals surface area contributed by atoms with Crippen molar-refractivity contribution in [1.82, 2.24) is 4.72 Å². The molecule has 0 aliphatic rings. The number of esters is 1. The van der Waals surface area contributed by atoms with Crippen LogP contribution in [0, 0.1) is 13.8 Å². The number of aryl methyl sites for hydroxylation is 2. The highest BCUT2D eigenvalue weighted by Crippen LogP contribution is 2.27. The molecule has 0 saturated carbocycles. The molecule has 1 heterocycles. The van der Waals surface area contributed by atoms with Crippen molar-refractivity contribution in [3.05, 3.63) is 88.4 Å². The largest absolute Gasteiger partial charge is 0.468 e. The minimum atomic E-state index is -3.72. The summed E-state index contributed by atoms with van der Waals surface area (Å²) in [7, 11) is -3.72. The lowest BCUT2D eigenvalue weighted by Crippen LogP contribution is -2.23. The number of nitrogens with one attached hydrogen (secondary N) is 1. The number of hydrogen-bond acceptors (Lipinski definition) is 5. The summed E-state index contributed by atoms with van der Waals surface area (Å²) in [5.41, 5.74) is 4.70. The Morgan fingerprint density at radius 3 is 2.19 bits per heavy atom. The molecule has 0 bridgehead atoms. The molecular weight excluding hydrogens is 426 g/mol. The van der Waals surface area contributed by atoms with Gasteiger partial charge >= 0.3 is 5.97 Å². The topological polar surface area (TPSA) is 85.6 Å². The maximum atomic E-state index is 12.5. The van der Waals surface area contributed by atoms with E-state index in [0.717, 1.165) is 16.7 Å². The molecule has 7 heteroatoms. The van der Waals surface area contributed by atoms with Crippen LogP contribution in [-0.2, 0) is 33.3 Å². The van der Waals surface area contributed by atoms with E-state index in [4.69, 9.17) is 9.15 Å². The third-order valence-electron chi connectivity index (χ3n) is 5.33. The Hall–Kier alpha value is -2.90. The van der Waals surface area contributed by atoms with Crippen LogP contribution in [0.4, 0.5) is 0 Å². The fraction of sp³-hybridized carbons (Fsp3) is 0.320. The van der Waals surface area contributed by atoms with Gasteiger partial charge in [-0.25, -0.2) is 17.9 Å². The normalized spacial score (nSPS) is 12.0. The van der Waals surface area contributed by atoms with E-state index >= 15 is 0 Å². The van der Waals surface area contributed by atoms with Crippen LogP contribution in [0.15, 0.2) is 64.1 Å². The highest BCUT2D eigenvalue weighted by atomic mass is 32.2. The van der Waals surface area contributed by atoms with E-state index in [2.05, 4.69) is 37.6 Å².